The Morgan fingerprint density at radius 2 is 1.86 bits per heavy atom. The normalized spacial score (nSPS) is 11.0. The van der Waals surface area contributed by atoms with Gasteiger partial charge < -0.3 is 10.6 Å². The Balaban J connectivity index is 0.00000242. The Hall–Kier alpha value is -1.57. The molecule has 5 nitrogen and oxygen atoms in total. The van der Waals surface area contributed by atoms with E-state index < -0.39 is 0 Å². The first-order valence-corrected chi connectivity index (χ1v) is 7.21. The first-order chi connectivity index (χ1) is 10.2. The SMILES string of the molecule is CCc1ccccc1CNC(=NC)NCc1cnn(C)c1.I. The minimum atomic E-state index is 0. The molecule has 1 aromatic carbocycles. The van der Waals surface area contributed by atoms with Gasteiger partial charge >= 0.3 is 0 Å². The molecule has 2 rings (SSSR count). The molecule has 0 saturated heterocycles. The lowest BCUT2D eigenvalue weighted by Gasteiger charge is -2.13. The lowest BCUT2D eigenvalue weighted by atomic mass is 10.1. The summed E-state index contributed by atoms with van der Waals surface area (Å²) in [6.07, 6.45) is 4.89. The van der Waals surface area contributed by atoms with E-state index in [9.17, 15) is 0 Å². The molecular weight excluding hydrogens is 389 g/mol. The molecule has 0 bridgehead atoms. The largest absolute Gasteiger partial charge is 0.352 e. The van der Waals surface area contributed by atoms with Gasteiger partial charge in [-0.25, -0.2) is 0 Å². The molecule has 0 atom stereocenters. The van der Waals surface area contributed by atoms with Crippen LogP contribution in [0.1, 0.15) is 23.6 Å². The summed E-state index contributed by atoms with van der Waals surface area (Å²) in [6, 6.07) is 8.48. The highest BCUT2D eigenvalue weighted by Crippen LogP contribution is 2.08. The highest BCUT2D eigenvalue weighted by Gasteiger charge is 2.03. The van der Waals surface area contributed by atoms with Gasteiger partial charge in [-0.2, -0.15) is 5.10 Å². The summed E-state index contributed by atoms with van der Waals surface area (Å²) in [4.78, 5) is 4.25. The van der Waals surface area contributed by atoms with Crippen LogP contribution in [0.3, 0.4) is 0 Å². The van der Waals surface area contributed by atoms with Gasteiger partial charge in [0.1, 0.15) is 0 Å². The van der Waals surface area contributed by atoms with Crippen LogP contribution in [0.5, 0.6) is 0 Å². The van der Waals surface area contributed by atoms with Crippen molar-refractivity contribution in [3.05, 3.63) is 53.3 Å². The molecule has 1 heterocycles. The van der Waals surface area contributed by atoms with Crippen LogP contribution < -0.4 is 10.6 Å². The van der Waals surface area contributed by atoms with E-state index >= 15 is 0 Å². The summed E-state index contributed by atoms with van der Waals surface area (Å²) in [6.45, 7) is 3.66. The molecule has 0 radical (unpaired) electrons. The quantitative estimate of drug-likeness (QED) is 0.450. The first kappa shape index (κ1) is 18.5. The van der Waals surface area contributed by atoms with E-state index in [4.69, 9.17) is 0 Å². The number of aromatic nitrogens is 2. The van der Waals surface area contributed by atoms with Crippen LogP contribution in [0.15, 0.2) is 41.7 Å². The molecule has 0 spiro atoms. The number of aliphatic imine (C=N–C) groups is 1. The molecule has 0 aliphatic heterocycles. The molecule has 2 N–H and O–H groups in total. The van der Waals surface area contributed by atoms with Crippen LogP contribution in [-0.2, 0) is 26.6 Å². The van der Waals surface area contributed by atoms with Crippen molar-refractivity contribution in [2.24, 2.45) is 12.0 Å². The van der Waals surface area contributed by atoms with Crippen molar-refractivity contribution in [3.8, 4) is 0 Å². The van der Waals surface area contributed by atoms with Gasteiger partial charge in [0.2, 0.25) is 0 Å². The third-order valence-corrected chi connectivity index (χ3v) is 3.39. The van der Waals surface area contributed by atoms with Gasteiger partial charge in [0.15, 0.2) is 5.96 Å². The van der Waals surface area contributed by atoms with Gasteiger partial charge in [0.05, 0.1) is 6.20 Å². The Kier molecular flexibility index (Phi) is 7.94. The lowest BCUT2D eigenvalue weighted by Crippen LogP contribution is -2.36. The van der Waals surface area contributed by atoms with Crippen molar-refractivity contribution in [1.82, 2.24) is 20.4 Å². The van der Waals surface area contributed by atoms with Crippen LogP contribution in [0.2, 0.25) is 0 Å². The number of benzene rings is 1. The van der Waals surface area contributed by atoms with Gasteiger partial charge in [0.25, 0.3) is 0 Å². The second-order valence-corrected chi connectivity index (χ2v) is 4.92. The topological polar surface area (TPSA) is 54.2 Å². The maximum atomic E-state index is 4.25. The average molecular weight is 413 g/mol. The number of aryl methyl sites for hydroxylation is 2. The molecule has 0 saturated carbocycles. The summed E-state index contributed by atoms with van der Waals surface area (Å²) in [7, 11) is 3.70. The Morgan fingerprint density at radius 3 is 2.45 bits per heavy atom. The molecule has 6 heteroatoms. The van der Waals surface area contributed by atoms with Crippen LogP contribution >= 0.6 is 24.0 Å². The van der Waals surface area contributed by atoms with Crippen molar-refractivity contribution in [2.45, 2.75) is 26.4 Å². The van der Waals surface area contributed by atoms with E-state index in [0.29, 0.717) is 6.54 Å². The lowest BCUT2D eigenvalue weighted by molar-refractivity contribution is 0.764. The predicted molar refractivity (Wildman–Crippen MR) is 101 cm³/mol. The van der Waals surface area contributed by atoms with Crippen molar-refractivity contribution >= 4 is 29.9 Å². The standard InChI is InChI=1S/C16H23N5.HI/c1-4-14-7-5-6-8-15(14)11-19-16(17-2)18-9-13-10-20-21(3)12-13;/h5-8,10,12H,4,9,11H2,1-3H3,(H2,17,18,19);1H. The van der Waals surface area contributed by atoms with E-state index in [0.717, 1.165) is 24.5 Å². The van der Waals surface area contributed by atoms with E-state index in [-0.39, 0.29) is 24.0 Å². The molecule has 1 aromatic heterocycles. The fourth-order valence-electron chi connectivity index (χ4n) is 2.22. The van der Waals surface area contributed by atoms with E-state index in [2.05, 4.69) is 51.9 Å². The summed E-state index contributed by atoms with van der Waals surface area (Å²) in [5.74, 6) is 0.796. The number of guanidine groups is 1. The van der Waals surface area contributed by atoms with Crippen molar-refractivity contribution in [1.29, 1.82) is 0 Å². The van der Waals surface area contributed by atoms with E-state index in [1.54, 1.807) is 11.7 Å². The number of hydrogen-bond donors (Lipinski definition) is 2. The Bertz CT molecular complexity index is 606. The number of rotatable bonds is 5. The van der Waals surface area contributed by atoms with Crippen molar-refractivity contribution in [2.75, 3.05) is 7.05 Å². The Morgan fingerprint density at radius 1 is 1.18 bits per heavy atom. The highest BCUT2D eigenvalue weighted by atomic mass is 127. The number of hydrogen-bond acceptors (Lipinski definition) is 2. The van der Waals surface area contributed by atoms with E-state index in [1.165, 1.54) is 11.1 Å². The zero-order valence-corrected chi connectivity index (χ0v) is 15.7. The fraction of sp³-hybridized carbons (Fsp3) is 0.375. The molecule has 0 amide bonds. The first-order valence-electron chi connectivity index (χ1n) is 7.21. The van der Waals surface area contributed by atoms with Gasteiger partial charge in [-0.3, -0.25) is 9.67 Å². The number of nitrogens with zero attached hydrogens (tertiary/aromatic N) is 3. The zero-order chi connectivity index (χ0) is 15.1. The third-order valence-electron chi connectivity index (χ3n) is 3.39. The van der Waals surface area contributed by atoms with Crippen LogP contribution in [0, 0.1) is 0 Å². The average Bonchev–Trinajstić information content (AvgIpc) is 2.93. The predicted octanol–water partition coefficient (Wildman–Crippen LogP) is 2.47. The van der Waals surface area contributed by atoms with Crippen LogP contribution in [-0.4, -0.2) is 22.8 Å². The minimum absolute atomic E-state index is 0. The van der Waals surface area contributed by atoms with Gasteiger partial charge in [-0.15, -0.1) is 24.0 Å². The maximum absolute atomic E-state index is 4.25. The van der Waals surface area contributed by atoms with E-state index in [1.807, 2.05) is 19.4 Å². The van der Waals surface area contributed by atoms with Crippen LogP contribution in [0.25, 0.3) is 0 Å². The Labute approximate surface area is 149 Å². The van der Waals surface area contributed by atoms with Gasteiger partial charge in [0, 0.05) is 38.9 Å². The molecule has 0 unspecified atom stereocenters. The zero-order valence-electron chi connectivity index (χ0n) is 13.3. The second kappa shape index (κ2) is 9.45. The highest BCUT2D eigenvalue weighted by molar-refractivity contribution is 14.0. The summed E-state index contributed by atoms with van der Waals surface area (Å²) in [5.41, 5.74) is 3.81. The maximum Gasteiger partial charge on any atom is 0.191 e. The molecule has 2 aromatic rings. The van der Waals surface area contributed by atoms with Gasteiger partial charge in [-0.05, 0) is 17.5 Å². The summed E-state index contributed by atoms with van der Waals surface area (Å²) < 4.78 is 1.80. The second-order valence-electron chi connectivity index (χ2n) is 4.92. The fourth-order valence-corrected chi connectivity index (χ4v) is 2.22. The minimum Gasteiger partial charge on any atom is -0.352 e. The molecule has 120 valence electrons. The molecule has 0 fully saturated rings. The third kappa shape index (κ3) is 5.32. The van der Waals surface area contributed by atoms with Crippen molar-refractivity contribution < 1.29 is 0 Å². The molecule has 22 heavy (non-hydrogen) atoms. The summed E-state index contributed by atoms with van der Waals surface area (Å²) >= 11 is 0. The molecular formula is C16H24IN5. The monoisotopic (exact) mass is 413 g/mol. The molecule has 0 aliphatic carbocycles. The molecule has 0 aliphatic rings. The van der Waals surface area contributed by atoms with Crippen LogP contribution in [0.4, 0.5) is 0 Å². The number of nitrogens with one attached hydrogen (secondary N) is 2. The van der Waals surface area contributed by atoms with Crippen molar-refractivity contribution in [3.63, 3.8) is 0 Å². The van der Waals surface area contributed by atoms with Gasteiger partial charge in [-0.1, -0.05) is 31.2 Å². The smallest absolute Gasteiger partial charge is 0.191 e. The number of halogens is 1. The summed E-state index contributed by atoms with van der Waals surface area (Å²) in [5, 5.41) is 10.8.